The fourth-order valence-corrected chi connectivity index (χ4v) is 2.65. The molecule has 0 radical (unpaired) electrons. The van der Waals surface area contributed by atoms with Gasteiger partial charge in [-0.15, -0.1) is 0 Å². The maximum absolute atomic E-state index is 6.07. The monoisotopic (exact) mass is 340 g/mol. The van der Waals surface area contributed by atoms with Gasteiger partial charge in [-0.2, -0.15) is 0 Å². The summed E-state index contributed by atoms with van der Waals surface area (Å²) in [5, 5.41) is 3.51. The summed E-state index contributed by atoms with van der Waals surface area (Å²) in [5.41, 5.74) is 2.72. The van der Waals surface area contributed by atoms with E-state index in [4.69, 9.17) is 4.74 Å². The largest absolute Gasteiger partial charge is 0.492 e. The molecule has 0 amide bonds. The number of benzene rings is 2. The third-order valence-electron chi connectivity index (χ3n) is 4.09. The Morgan fingerprint density at radius 3 is 2.32 bits per heavy atom. The van der Waals surface area contributed by atoms with Gasteiger partial charge in [-0.1, -0.05) is 48.5 Å². The minimum atomic E-state index is 0.174. The standard InChI is InChI=1S/C22H32N2O/c1-22(2,3)23-14-15-24(4)16-17-25-21-13-9-8-12-20(21)18-19-10-6-5-7-11-19/h5-13,23H,14-18H2,1-4H3. The number of nitrogens with zero attached hydrogens (tertiary/aromatic N) is 1. The molecule has 0 heterocycles. The highest BCUT2D eigenvalue weighted by atomic mass is 16.5. The number of hydrogen-bond acceptors (Lipinski definition) is 3. The van der Waals surface area contributed by atoms with Crippen molar-refractivity contribution in [3.8, 4) is 5.75 Å². The number of rotatable bonds is 9. The molecule has 25 heavy (non-hydrogen) atoms. The highest BCUT2D eigenvalue weighted by Gasteiger charge is 2.09. The zero-order valence-electron chi connectivity index (χ0n) is 16.1. The van der Waals surface area contributed by atoms with E-state index in [0.717, 1.165) is 31.8 Å². The summed E-state index contributed by atoms with van der Waals surface area (Å²) in [6.07, 6.45) is 0.905. The Hall–Kier alpha value is -1.84. The van der Waals surface area contributed by atoms with Crippen molar-refractivity contribution >= 4 is 0 Å². The maximum atomic E-state index is 6.07. The van der Waals surface area contributed by atoms with Gasteiger partial charge in [0.05, 0.1) is 0 Å². The SMILES string of the molecule is CN(CCNC(C)(C)C)CCOc1ccccc1Cc1ccccc1. The normalized spacial score (nSPS) is 11.7. The van der Waals surface area contributed by atoms with Crippen LogP contribution in [-0.4, -0.2) is 43.7 Å². The lowest BCUT2D eigenvalue weighted by Crippen LogP contribution is -2.41. The van der Waals surface area contributed by atoms with Crippen LogP contribution in [-0.2, 0) is 6.42 Å². The van der Waals surface area contributed by atoms with Crippen molar-refractivity contribution in [1.29, 1.82) is 0 Å². The number of likely N-dealkylation sites (N-methyl/N-ethyl adjacent to an activating group) is 1. The van der Waals surface area contributed by atoms with Gasteiger partial charge in [0.1, 0.15) is 12.4 Å². The number of para-hydroxylation sites is 1. The molecule has 0 unspecified atom stereocenters. The molecule has 0 aliphatic carbocycles. The molecule has 0 bridgehead atoms. The first kappa shape index (κ1) is 19.5. The third-order valence-corrected chi connectivity index (χ3v) is 4.09. The molecule has 2 rings (SSSR count). The zero-order chi connectivity index (χ0) is 18.1. The lowest BCUT2D eigenvalue weighted by Gasteiger charge is -2.23. The van der Waals surface area contributed by atoms with E-state index in [1.165, 1.54) is 11.1 Å². The van der Waals surface area contributed by atoms with Crippen molar-refractivity contribution in [2.24, 2.45) is 0 Å². The molecule has 0 fully saturated rings. The van der Waals surface area contributed by atoms with Crippen molar-refractivity contribution in [2.45, 2.75) is 32.7 Å². The van der Waals surface area contributed by atoms with Gasteiger partial charge in [0.2, 0.25) is 0 Å². The molecule has 2 aromatic rings. The Morgan fingerprint density at radius 2 is 1.60 bits per heavy atom. The molecule has 136 valence electrons. The van der Waals surface area contributed by atoms with Gasteiger partial charge in [0, 0.05) is 31.6 Å². The average molecular weight is 341 g/mol. The van der Waals surface area contributed by atoms with E-state index < -0.39 is 0 Å². The van der Waals surface area contributed by atoms with Crippen molar-refractivity contribution in [3.05, 3.63) is 65.7 Å². The minimum absolute atomic E-state index is 0.174. The second-order valence-corrected chi connectivity index (χ2v) is 7.60. The minimum Gasteiger partial charge on any atom is -0.492 e. The summed E-state index contributed by atoms with van der Waals surface area (Å²) in [6.45, 7) is 10.2. The molecule has 2 aromatic carbocycles. The highest BCUT2D eigenvalue weighted by molar-refractivity contribution is 5.37. The van der Waals surface area contributed by atoms with Crippen LogP contribution in [0.5, 0.6) is 5.75 Å². The predicted octanol–water partition coefficient (Wildman–Crippen LogP) is 3.98. The van der Waals surface area contributed by atoms with Gasteiger partial charge in [-0.05, 0) is 45.0 Å². The fraction of sp³-hybridized carbons (Fsp3) is 0.455. The fourth-order valence-electron chi connectivity index (χ4n) is 2.65. The zero-order valence-corrected chi connectivity index (χ0v) is 16.1. The molecule has 0 atom stereocenters. The van der Waals surface area contributed by atoms with Crippen LogP contribution in [0.15, 0.2) is 54.6 Å². The van der Waals surface area contributed by atoms with Crippen molar-refractivity contribution < 1.29 is 4.74 Å². The lowest BCUT2D eigenvalue weighted by molar-refractivity contribution is 0.231. The van der Waals surface area contributed by atoms with Crippen molar-refractivity contribution in [1.82, 2.24) is 10.2 Å². The first-order chi connectivity index (χ1) is 11.9. The third kappa shape index (κ3) is 7.72. The van der Waals surface area contributed by atoms with Crippen LogP contribution in [0.4, 0.5) is 0 Å². The van der Waals surface area contributed by atoms with Gasteiger partial charge in [-0.25, -0.2) is 0 Å². The lowest BCUT2D eigenvalue weighted by atomic mass is 10.0. The van der Waals surface area contributed by atoms with E-state index >= 15 is 0 Å². The number of hydrogen-bond donors (Lipinski definition) is 1. The number of nitrogens with one attached hydrogen (secondary N) is 1. The molecule has 0 aromatic heterocycles. The molecule has 0 saturated heterocycles. The van der Waals surface area contributed by atoms with E-state index in [-0.39, 0.29) is 5.54 Å². The molecule has 0 aliphatic heterocycles. The molecule has 3 heteroatoms. The summed E-state index contributed by atoms with van der Waals surface area (Å²) in [5.74, 6) is 0.993. The van der Waals surface area contributed by atoms with Crippen molar-refractivity contribution in [2.75, 3.05) is 33.3 Å². The number of ether oxygens (including phenoxy) is 1. The van der Waals surface area contributed by atoms with E-state index in [1.54, 1.807) is 0 Å². The van der Waals surface area contributed by atoms with E-state index in [2.05, 4.69) is 86.6 Å². The van der Waals surface area contributed by atoms with Gasteiger partial charge in [0.15, 0.2) is 0 Å². The van der Waals surface area contributed by atoms with Gasteiger partial charge < -0.3 is 15.0 Å². The summed E-state index contributed by atoms with van der Waals surface area (Å²) < 4.78 is 6.07. The Bertz CT molecular complexity index is 619. The second kappa shape index (κ2) is 9.59. The van der Waals surface area contributed by atoms with Crippen LogP contribution in [0.3, 0.4) is 0 Å². The molecule has 0 saturated carbocycles. The topological polar surface area (TPSA) is 24.5 Å². The summed E-state index contributed by atoms with van der Waals surface area (Å²) in [6, 6.07) is 18.9. The molecule has 1 N–H and O–H groups in total. The van der Waals surface area contributed by atoms with Gasteiger partial charge >= 0.3 is 0 Å². The van der Waals surface area contributed by atoms with Gasteiger partial charge in [-0.3, -0.25) is 0 Å². The first-order valence-electron chi connectivity index (χ1n) is 9.12. The van der Waals surface area contributed by atoms with Crippen molar-refractivity contribution in [3.63, 3.8) is 0 Å². The highest BCUT2D eigenvalue weighted by Crippen LogP contribution is 2.21. The smallest absolute Gasteiger partial charge is 0.122 e. The molecule has 3 nitrogen and oxygen atoms in total. The van der Waals surface area contributed by atoms with Gasteiger partial charge in [0.25, 0.3) is 0 Å². The summed E-state index contributed by atoms with van der Waals surface area (Å²) in [7, 11) is 2.14. The van der Waals surface area contributed by atoms with Crippen LogP contribution >= 0.6 is 0 Å². The molecular weight excluding hydrogens is 308 g/mol. The van der Waals surface area contributed by atoms with Crippen LogP contribution in [0.2, 0.25) is 0 Å². The quantitative estimate of drug-likeness (QED) is 0.747. The van der Waals surface area contributed by atoms with E-state index in [1.807, 2.05) is 6.07 Å². The maximum Gasteiger partial charge on any atom is 0.122 e. The summed E-state index contributed by atoms with van der Waals surface area (Å²) in [4.78, 5) is 2.30. The molecule has 0 aliphatic rings. The second-order valence-electron chi connectivity index (χ2n) is 7.60. The van der Waals surface area contributed by atoms with Crippen LogP contribution in [0.25, 0.3) is 0 Å². The average Bonchev–Trinajstić information content (AvgIpc) is 2.56. The Labute approximate surface area is 153 Å². The molecular formula is C22H32N2O. The first-order valence-corrected chi connectivity index (χ1v) is 9.12. The van der Waals surface area contributed by atoms with Crippen LogP contribution in [0.1, 0.15) is 31.9 Å². The molecule has 0 spiro atoms. The Kier molecular flexibility index (Phi) is 7.48. The Balaban J connectivity index is 1.79. The Morgan fingerprint density at radius 1 is 0.920 bits per heavy atom. The van der Waals surface area contributed by atoms with Crippen LogP contribution < -0.4 is 10.1 Å². The predicted molar refractivity (Wildman–Crippen MR) is 106 cm³/mol. The van der Waals surface area contributed by atoms with Crippen LogP contribution in [0, 0.1) is 0 Å². The van der Waals surface area contributed by atoms with E-state index in [0.29, 0.717) is 6.61 Å². The summed E-state index contributed by atoms with van der Waals surface area (Å²) >= 11 is 0. The van der Waals surface area contributed by atoms with E-state index in [9.17, 15) is 0 Å².